The summed E-state index contributed by atoms with van der Waals surface area (Å²) in [5, 5.41) is 7.49. The summed E-state index contributed by atoms with van der Waals surface area (Å²) in [4.78, 5) is 25.3. The second kappa shape index (κ2) is 13.8. The van der Waals surface area contributed by atoms with Crippen LogP contribution in [0.5, 0.6) is 11.5 Å². The van der Waals surface area contributed by atoms with Gasteiger partial charge in [-0.05, 0) is 64.7 Å². The number of hydrazone groups is 1. The van der Waals surface area contributed by atoms with Crippen molar-refractivity contribution in [3.05, 3.63) is 92.9 Å². The Kier molecular flexibility index (Phi) is 10.5. The zero-order valence-electron chi connectivity index (χ0n) is 20.8. The number of nitrogens with one attached hydrogen (secondary N) is 2. The SMILES string of the molecule is CCOc1cc(/C=N/NC(=O)C(NC(=O)c2ccccc2)C(C)C)cc(Br)c1OCc1ccccc1Cl. The van der Waals surface area contributed by atoms with Gasteiger partial charge in [0.2, 0.25) is 0 Å². The molecule has 0 bridgehead atoms. The Morgan fingerprint density at radius 2 is 1.76 bits per heavy atom. The highest BCUT2D eigenvalue weighted by Gasteiger charge is 2.24. The molecule has 1 atom stereocenters. The van der Waals surface area contributed by atoms with E-state index in [-0.39, 0.29) is 18.4 Å². The van der Waals surface area contributed by atoms with Gasteiger partial charge < -0.3 is 14.8 Å². The van der Waals surface area contributed by atoms with Gasteiger partial charge in [0.25, 0.3) is 11.8 Å². The van der Waals surface area contributed by atoms with Crippen molar-refractivity contribution < 1.29 is 19.1 Å². The molecule has 37 heavy (non-hydrogen) atoms. The molecular formula is C28H29BrClN3O4. The highest BCUT2D eigenvalue weighted by Crippen LogP contribution is 2.37. The molecule has 3 aromatic carbocycles. The van der Waals surface area contributed by atoms with Gasteiger partial charge in [-0.25, -0.2) is 5.43 Å². The Morgan fingerprint density at radius 3 is 2.43 bits per heavy atom. The summed E-state index contributed by atoms with van der Waals surface area (Å²) in [5.74, 6) is 0.171. The Labute approximate surface area is 230 Å². The number of nitrogens with zero attached hydrogens (tertiary/aromatic N) is 1. The van der Waals surface area contributed by atoms with Crippen LogP contribution in [-0.2, 0) is 11.4 Å². The molecule has 2 amide bonds. The number of carbonyl (C=O) groups excluding carboxylic acids is 2. The first-order valence-corrected chi connectivity index (χ1v) is 13.0. The number of hydrogen-bond donors (Lipinski definition) is 2. The number of carbonyl (C=O) groups is 2. The smallest absolute Gasteiger partial charge is 0.262 e. The van der Waals surface area contributed by atoms with E-state index in [1.165, 1.54) is 6.21 Å². The van der Waals surface area contributed by atoms with Crippen molar-refractivity contribution >= 4 is 45.6 Å². The van der Waals surface area contributed by atoms with Gasteiger partial charge in [-0.2, -0.15) is 5.10 Å². The molecule has 194 valence electrons. The second-order valence-corrected chi connectivity index (χ2v) is 9.70. The van der Waals surface area contributed by atoms with Crippen molar-refractivity contribution in [2.45, 2.75) is 33.4 Å². The van der Waals surface area contributed by atoms with Crippen LogP contribution in [0.15, 0.2) is 76.3 Å². The number of hydrogen-bond acceptors (Lipinski definition) is 5. The van der Waals surface area contributed by atoms with E-state index in [0.717, 1.165) is 5.56 Å². The summed E-state index contributed by atoms with van der Waals surface area (Å²) < 4.78 is 12.4. The van der Waals surface area contributed by atoms with Crippen LogP contribution in [0.25, 0.3) is 0 Å². The molecule has 0 aromatic heterocycles. The van der Waals surface area contributed by atoms with Gasteiger partial charge in [-0.15, -0.1) is 0 Å². The third-order valence-corrected chi connectivity index (χ3v) is 6.28. The zero-order valence-corrected chi connectivity index (χ0v) is 23.2. The van der Waals surface area contributed by atoms with Gasteiger partial charge in [0.15, 0.2) is 11.5 Å². The van der Waals surface area contributed by atoms with Crippen LogP contribution in [0.3, 0.4) is 0 Å². The van der Waals surface area contributed by atoms with Crippen LogP contribution in [0.4, 0.5) is 0 Å². The van der Waals surface area contributed by atoms with Crippen LogP contribution in [0.1, 0.15) is 42.3 Å². The lowest BCUT2D eigenvalue weighted by Crippen LogP contribution is -2.48. The molecule has 3 aromatic rings. The maximum absolute atomic E-state index is 12.8. The van der Waals surface area contributed by atoms with Gasteiger partial charge in [0, 0.05) is 16.1 Å². The van der Waals surface area contributed by atoms with Crippen LogP contribution in [-0.4, -0.2) is 30.7 Å². The molecule has 3 rings (SSSR count). The quantitative estimate of drug-likeness (QED) is 0.214. The number of ether oxygens (including phenoxy) is 2. The van der Waals surface area contributed by atoms with Crippen molar-refractivity contribution in [1.82, 2.24) is 10.7 Å². The lowest BCUT2D eigenvalue weighted by Gasteiger charge is -2.20. The fourth-order valence-corrected chi connectivity index (χ4v) is 4.18. The van der Waals surface area contributed by atoms with E-state index in [0.29, 0.717) is 38.7 Å². The maximum Gasteiger partial charge on any atom is 0.262 e. The van der Waals surface area contributed by atoms with Crippen LogP contribution in [0, 0.1) is 5.92 Å². The van der Waals surface area contributed by atoms with E-state index in [4.69, 9.17) is 21.1 Å². The molecule has 0 saturated heterocycles. The van der Waals surface area contributed by atoms with E-state index in [9.17, 15) is 9.59 Å². The van der Waals surface area contributed by atoms with Crippen LogP contribution in [0.2, 0.25) is 5.02 Å². The van der Waals surface area contributed by atoms with E-state index >= 15 is 0 Å². The van der Waals surface area contributed by atoms with E-state index < -0.39 is 11.9 Å². The first-order chi connectivity index (χ1) is 17.8. The summed E-state index contributed by atoms with van der Waals surface area (Å²) in [6.07, 6.45) is 1.50. The van der Waals surface area contributed by atoms with E-state index in [1.54, 1.807) is 36.4 Å². The van der Waals surface area contributed by atoms with Gasteiger partial charge >= 0.3 is 0 Å². The molecule has 0 aliphatic carbocycles. The second-order valence-electron chi connectivity index (χ2n) is 8.44. The van der Waals surface area contributed by atoms with Crippen molar-refractivity contribution in [3.63, 3.8) is 0 Å². The summed E-state index contributed by atoms with van der Waals surface area (Å²) in [6.45, 7) is 6.29. The molecule has 0 spiro atoms. The number of rotatable bonds is 11. The average molecular weight is 587 g/mol. The fourth-order valence-electron chi connectivity index (χ4n) is 3.42. The summed E-state index contributed by atoms with van der Waals surface area (Å²) >= 11 is 9.78. The van der Waals surface area contributed by atoms with Crippen LogP contribution >= 0.6 is 27.5 Å². The van der Waals surface area contributed by atoms with Crippen molar-refractivity contribution in [1.29, 1.82) is 0 Å². The highest BCUT2D eigenvalue weighted by molar-refractivity contribution is 9.10. The fraction of sp³-hybridized carbons (Fsp3) is 0.250. The maximum atomic E-state index is 12.8. The standard InChI is InChI=1S/C28H29BrClN3O4/c1-4-36-24-15-19(14-22(29)26(24)37-17-21-12-8-9-13-23(21)30)16-31-33-28(35)25(18(2)3)32-27(34)20-10-6-5-7-11-20/h5-16,18,25H,4,17H2,1-3H3,(H,32,34)(H,33,35)/b31-16+. The molecule has 2 N–H and O–H groups in total. The molecule has 7 nitrogen and oxygen atoms in total. The molecule has 0 saturated carbocycles. The molecule has 0 heterocycles. The minimum atomic E-state index is -0.754. The minimum absolute atomic E-state index is 0.142. The predicted octanol–water partition coefficient (Wildman–Crippen LogP) is 5.98. The van der Waals surface area contributed by atoms with Crippen molar-refractivity contribution in [3.8, 4) is 11.5 Å². The normalized spacial score (nSPS) is 11.8. The third-order valence-electron chi connectivity index (χ3n) is 5.32. The molecule has 0 aliphatic heterocycles. The Balaban J connectivity index is 1.69. The molecule has 0 aliphatic rings. The van der Waals surface area contributed by atoms with Crippen LogP contribution < -0.4 is 20.2 Å². The summed E-state index contributed by atoms with van der Waals surface area (Å²) in [7, 11) is 0. The molecule has 9 heteroatoms. The monoisotopic (exact) mass is 585 g/mol. The van der Waals surface area contributed by atoms with Crippen molar-refractivity contribution in [2.24, 2.45) is 11.0 Å². The zero-order chi connectivity index (χ0) is 26.8. The summed E-state index contributed by atoms with van der Waals surface area (Å²) in [6, 6.07) is 19.0. The summed E-state index contributed by atoms with van der Waals surface area (Å²) in [5.41, 5.74) is 4.53. The number of halogens is 2. The van der Waals surface area contributed by atoms with Gasteiger partial charge in [0.1, 0.15) is 12.6 Å². The molecule has 0 radical (unpaired) electrons. The first-order valence-electron chi connectivity index (χ1n) is 11.8. The Hall–Kier alpha value is -3.36. The number of amides is 2. The number of benzene rings is 3. The average Bonchev–Trinajstić information content (AvgIpc) is 2.88. The van der Waals surface area contributed by atoms with Gasteiger partial charge in [-0.1, -0.05) is 61.8 Å². The molecule has 1 unspecified atom stereocenters. The highest BCUT2D eigenvalue weighted by atomic mass is 79.9. The van der Waals surface area contributed by atoms with E-state index in [1.807, 2.05) is 51.1 Å². The predicted molar refractivity (Wildman–Crippen MR) is 149 cm³/mol. The Bertz CT molecular complexity index is 1250. The van der Waals surface area contributed by atoms with Gasteiger partial charge in [-0.3, -0.25) is 9.59 Å². The lowest BCUT2D eigenvalue weighted by atomic mass is 10.0. The third kappa shape index (κ3) is 8.06. The lowest BCUT2D eigenvalue weighted by molar-refractivity contribution is -0.123. The van der Waals surface area contributed by atoms with Gasteiger partial charge in [0.05, 0.1) is 17.3 Å². The largest absolute Gasteiger partial charge is 0.490 e. The van der Waals surface area contributed by atoms with Crippen molar-refractivity contribution in [2.75, 3.05) is 6.61 Å². The topological polar surface area (TPSA) is 89.0 Å². The molecular weight excluding hydrogens is 558 g/mol. The molecule has 0 fully saturated rings. The minimum Gasteiger partial charge on any atom is -0.490 e. The Morgan fingerprint density at radius 1 is 1.05 bits per heavy atom. The first kappa shape index (κ1) is 28.2. The van der Waals surface area contributed by atoms with E-state index in [2.05, 4.69) is 31.8 Å².